The van der Waals surface area contributed by atoms with E-state index in [0.29, 0.717) is 17.7 Å². The van der Waals surface area contributed by atoms with Crippen molar-refractivity contribution < 1.29 is 19.1 Å². The van der Waals surface area contributed by atoms with Gasteiger partial charge < -0.3 is 15.0 Å². The second-order valence-electron chi connectivity index (χ2n) is 7.43. The lowest BCUT2D eigenvalue weighted by molar-refractivity contribution is -0.118. The minimum atomic E-state index is -0.640. The van der Waals surface area contributed by atoms with E-state index in [2.05, 4.69) is 15.6 Å². The third-order valence-electron chi connectivity index (χ3n) is 5.30. The fraction of sp³-hybridized carbons (Fsp3) is 0.261. The zero-order valence-corrected chi connectivity index (χ0v) is 16.4. The standard InChI is InChI=1S/C23H23N3O4/c27-21(19-14-24-20-12-5-4-11-18(19)20)22(28)25-16-9-6-10-17(13-16)30-23(29)26-15-7-2-1-3-8-15/h1-5,7-8,11-12,14,16-17,24H,6,9-10,13H2,(H,25,28)(H,26,29)/t16-,17+/m0/s1. The number of hydrogen-bond acceptors (Lipinski definition) is 4. The van der Waals surface area contributed by atoms with Crippen LogP contribution >= 0.6 is 0 Å². The van der Waals surface area contributed by atoms with Crippen molar-refractivity contribution in [1.82, 2.24) is 10.3 Å². The predicted molar refractivity (Wildman–Crippen MR) is 113 cm³/mol. The second-order valence-corrected chi connectivity index (χ2v) is 7.43. The molecule has 0 saturated heterocycles. The molecule has 154 valence electrons. The first-order chi connectivity index (χ1) is 14.6. The van der Waals surface area contributed by atoms with Gasteiger partial charge in [-0.05, 0) is 37.5 Å². The lowest BCUT2D eigenvalue weighted by atomic mass is 9.92. The molecule has 2 aromatic carbocycles. The normalized spacial score (nSPS) is 18.5. The monoisotopic (exact) mass is 405 g/mol. The molecule has 1 saturated carbocycles. The van der Waals surface area contributed by atoms with Crippen molar-refractivity contribution in [1.29, 1.82) is 0 Å². The lowest BCUT2D eigenvalue weighted by Crippen LogP contribution is -2.43. The molecule has 1 fully saturated rings. The summed E-state index contributed by atoms with van der Waals surface area (Å²) in [5.74, 6) is -1.21. The number of nitrogens with one attached hydrogen (secondary N) is 3. The maximum Gasteiger partial charge on any atom is 0.411 e. The number of benzene rings is 2. The summed E-state index contributed by atoms with van der Waals surface area (Å²) in [4.78, 5) is 40.3. The van der Waals surface area contributed by atoms with E-state index in [1.165, 1.54) is 0 Å². The number of carbonyl (C=O) groups excluding carboxylic acids is 3. The molecule has 3 N–H and O–H groups in total. The number of para-hydroxylation sites is 2. The second kappa shape index (κ2) is 8.82. The molecular formula is C23H23N3O4. The predicted octanol–water partition coefficient (Wildman–Crippen LogP) is 4.03. The summed E-state index contributed by atoms with van der Waals surface area (Å²) in [6.07, 6.45) is 3.49. The number of aromatic amines is 1. The fourth-order valence-corrected chi connectivity index (χ4v) is 3.84. The molecule has 2 atom stereocenters. The smallest absolute Gasteiger partial charge is 0.411 e. The highest BCUT2D eigenvalue weighted by molar-refractivity contribution is 6.45. The molecule has 30 heavy (non-hydrogen) atoms. The molecule has 1 heterocycles. The molecule has 0 aliphatic heterocycles. The van der Waals surface area contributed by atoms with Gasteiger partial charge in [0, 0.05) is 35.2 Å². The SMILES string of the molecule is O=C(Nc1ccccc1)O[C@@H]1CCC[C@H](NC(=O)C(=O)c2c[nH]c3ccccc23)C1. The Labute approximate surface area is 173 Å². The van der Waals surface area contributed by atoms with E-state index >= 15 is 0 Å². The molecule has 0 bridgehead atoms. The van der Waals surface area contributed by atoms with Crippen LogP contribution in [0.3, 0.4) is 0 Å². The van der Waals surface area contributed by atoms with Crippen LogP contribution in [0, 0.1) is 0 Å². The van der Waals surface area contributed by atoms with Gasteiger partial charge in [0.2, 0.25) is 0 Å². The van der Waals surface area contributed by atoms with E-state index in [1.807, 2.05) is 42.5 Å². The number of H-pyrrole nitrogens is 1. The lowest BCUT2D eigenvalue weighted by Gasteiger charge is -2.29. The van der Waals surface area contributed by atoms with Crippen LogP contribution in [0.2, 0.25) is 0 Å². The summed E-state index contributed by atoms with van der Waals surface area (Å²) < 4.78 is 5.51. The van der Waals surface area contributed by atoms with E-state index in [4.69, 9.17) is 4.74 Å². The van der Waals surface area contributed by atoms with E-state index in [9.17, 15) is 14.4 Å². The first-order valence-electron chi connectivity index (χ1n) is 10.0. The average Bonchev–Trinajstić information content (AvgIpc) is 3.18. The quantitative estimate of drug-likeness (QED) is 0.441. The van der Waals surface area contributed by atoms with Gasteiger partial charge in [-0.3, -0.25) is 14.9 Å². The van der Waals surface area contributed by atoms with Crippen molar-refractivity contribution in [3.05, 3.63) is 66.4 Å². The molecular weight excluding hydrogens is 382 g/mol. The number of ketones is 1. The zero-order chi connectivity index (χ0) is 20.9. The molecule has 1 aromatic heterocycles. The maximum atomic E-state index is 12.6. The molecule has 3 aromatic rings. The fourth-order valence-electron chi connectivity index (χ4n) is 3.84. The van der Waals surface area contributed by atoms with E-state index < -0.39 is 17.8 Å². The van der Waals surface area contributed by atoms with Gasteiger partial charge in [-0.1, -0.05) is 36.4 Å². The van der Waals surface area contributed by atoms with E-state index in [-0.39, 0.29) is 12.1 Å². The van der Waals surface area contributed by atoms with Crippen LogP contribution in [-0.4, -0.2) is 34.9 Å². The minimum Gasteiger partial charge on any atom is -0.446 e. The first kappa shape index (κ1) is 19.7. The van der Waals surface area contributed by atoms with Crippen LogP contribution in [0.4, 0.5) is 10.5 Å². The van der Waals surface area contributed by atoms with E-state index in [1.54, 1.807) is 18.3 Å². The van der Waals surface area contributed by atoms with Crippen molar-refractivity contribution in [3.63, 3.8) is 0 Å². The summed E-state index contributed by atoms with van der Waals surface area (Å²) >= 11 is 0. The van der Waals surface area contributed by atoms with Gasteiger partial charge >= 0.3 is 6.09 Å². The van der Waals surface area contributed by atoms with E-state index in [0.717, 1.165) is 30.2 Å². The molecule has 1 aliphatic carbocycles. The van der Waals surface area contributed by atoms with Crippen LogP contribution in [0.15, 0.2) is 60.8 Å². The van der Waals surface area contributed by atoms with Gasteiger partial charge in [-0.15, -0.1) is 0 Å². The molecule has 0 spiro atoms. The number of anilines is 1. The number of ether oxygens (including phenoxy) is 1. The minimum absolute atomic E-state index is 0.213. The van der Waals surface area contributed by atoms with Crippen molar-refractivity contribution in [3.8, 4) is 0 Å². The third kappa shape index (κ3) is 4.51. The Kier molecular flexibility index (Phi) is 5.79. The summed E-state index contributed by atoms with van der Waals surface area (Å²) in [6, 6.07) is 16.2. The summed E-state index contributed by atoms with van der Waals surface area (Å²) in [6.45, 7) is 0. The number of Topliss-reactive ketones (excluding diaryl/α,β-unsaturated/α-hetero) is 1. The Morgan fingerprint density at radius 2 is 1.73 bits per heavy atom. The summed E-state index contributed by atoms with van der Waals surface area (Å²) in [7, 11) is 0. The number of fused-ring (bicyclic) bond motifs is 1. The topological polar surface area (TPSA) is 100 Å². The Morgan fingerprint density at radius 3 is 2.57 bits per heavy atom. The Morgan fingerprint density at radius 1 is 0.967 bits per heavy atom. The molecule has 1 aliphatic rings. The van der Waals surface area contributed by atoms with Crippen molar-refractivity contribution >= 4 is 34.4 Å². The van der Waals surface area contributed by atoms with Gasteiger partial charge in [0.25, 0.3) is 11.7 Å². The van der Waals surface area contributed by atoms with Gasteiger partial charge in [-0.2, -0.15) is 0 Å². The van der Waals surface area contributed by atoms with Gasteiger partial charge in [0.05, 0.1) is 5.56 Å². The molecule has 2 amide bonds. The van der Waals surface area contributed by atoms with Gasteiger partial charge in [0.15, 0.2) is 0 Å². The molecule has 0 radical (unpaired) electrons. The maximum absolute atomic E-state index is 12.6. The first-order valence-corrected chi connectivity index (χ1v) is 10.0. The highest BCUT2D eigenvalue weighted by Gasteiger charge is 2.28. The Balaban J connectivity index is 1.32. The number of amides is 2. The van der Waals surface area contributed by atoms with Crippen molar-refractivity contribution in [2.24, 2.45) is 0 Å². The molecule has 7 heteroatoms. The Hall–Kier alpha value is -3.61. The zero-order valence-electron chi connectivity index (χ0n) is 16.4. The van der Waals surface area contributed by atoms with Crippen LogP contribution in [0.1, 0.15) is 36.0 Å². The number of aromatic nitrogens is 1. The summed E-state index contributed by atoms with van der Waals surface area (Å²) in [5.41, 5.74) is 1.82. The number of carbonyl (C=O) groups is 3. The van der Waals surface area contributed by atoms with Crippen LogP contribution < -0.4 is 10.6 Å². The summed E-state index contributed by atoms with van der Waals surface area (Å²) in [5, 5.41) is 6.23. The number of hydrogen-bond donors (Lipinski definition) is 3. The van der Waals surface area contributed by atoms with Crippen molar-refractivity contribution in [2.75, 3.05) is 5.32 Å². The Bertz CT molecular complexity index is 1060. The van der Waals surface area contributed by atoms with Crippen molar-refractivity contribution in [2.45, 2.75) is 37.8 Å². The highest BCUT2D eigenvalue weighted by atomic mass is 16.6. The molecule has 7 nitrogen and oxygen atoms in total. The van der Waals surface area contributed by atoms with Gasteiger partial charge in [0.1, 0.15) is 6.10 Å². The van der Waals surface area contributed by atoms with Crippen LogP contribution in [-0.2, 0) is 9.53 Å². The largest absolute Gasteiger partial charge is 0.446 e. The number of rotatable bonds is 5. The highest BCUT2D eigenvalue weighted by Crippen LogP contribution is 2.23. The third-order valence-corrected chi connectivity index (χ3v) is 5.30. The molecule has 0 unspecified atom stereocenters. The van der Waals surface area contributed by atoms with Gasteiger partial charge in [-0.25, -0.2) is 4.79 Å². The average molecular weight is 405 g/mol. The molecule has 4 rings (SSSR count). The van der Waals surface area contributed by atoms with Crippen LogP contribution in [0.25, 0.3) is 10.9 Å². The van der Waals surface area contributed by atoms with Crippen LogP contribution in [0.5, 0.6) is 0 Å².